The first-order valence-corrected chi connectivity index (χ1v) is 9.83. The predicted molar refractivity (Wildman–Crippen MR) is 117 cm³/mol. The molecule has 0 fully saturated rings. The number of benzene rings is 2. The molecular weight excluding hydrogens is 392 g/mol. The number of pyridine rings is 1. The van der Waals surface area contributed by atoms with Gasteiger partial charge in [-0.15, -0.1) is 0 Å². The summed E-state index contributed by atoms with van der Waals surface area (Å²) in [5, 5.41) is 14.5. The number of carbonyl (C=O) groups is 1. The Morgan fingerprint density at radius 2 is 1.68 bits per heavy atom. The Morgan fingerprint density at radius 1 is 0.968 bits per heavy atom. The maximum absolute atomic E-state index is 13.2. The molecule has 0 aliphatic rings. The van der Waals surface area contributed by atoms with Crippen molar-refractivity contribution >= 4 is 22.5 Å². The molecule has 2 aromatic carbocycles. The Bertz CT molecular complexity index is 1460. The van der Waals surface area contributed by atoms with Crippen molar-refractivity contribution in [2.45, 2.75) is 12.5 Å². The average molecular weight is 410 g/mol. The minimum atomic E-state index is -1.07. The van der Waals surface area contributed by atoms with E-state index < -0.39 is 17.6 Å². The molecule has 31 heavy (non-hydrogen) atoms. The van der Waals surface area contributed by atoms with Crippen molar-refractivity contribution in [1.82, 2.24) is 19.2 Å². The minimum Gasteiger partial charge on any atom is -0.480 e. The molecule has 0 spiro atoms. The third-order valence-corrected chi connectivity index (χ3v) is 5.40. The lowest BCUT2D eigenvalue weighted by molar-refractivity contribution is -0.141. The van der Waals surface area contributed by atoms with Crippen molar-refractivity contribution in [3.05, 3.63) is 101 Å². The maximum Gasteiger partial charge on any atom is 0.327 e. The van der Waals surface area contributed by atoms with Gasteiger partial charge in [0.15, 0.2) is 5.65 Å². The molecule has 7 nitrogen and oxygen atoms in total. The Hall–Kier alpha value is -4.26. The monoisotopic (exact) mass is 410 g/mol. The summed E-state index contributed by atoms with van der Waals surface area (Å²) < 4.78 is 2.88. The number of aliphatic carboxylic acids is 1. The van der Waals surface area contributed by atoms with Gasteiger partial charge in [-0.2, -0.15) is 5.10 Å². The van der Waals surface area contributed by atoms with Gasteiger partial charge in [-0.1, -0.05) is 60.7 Å². The van der Waals surface area contributed by atoms with Gasteiger partial charge in [-0.05, 0) is 17.2 Å². The first kappa shape index (κ1) is 18.7. The van der Waals surface area contributed by atoms with Crippen LogP contribution in [0.25, 0.3) is 27.7 Å². The normalized spacial score (nSPS) is 12.3. The summed E-state index contributed by atoms with van der Waals surface area (Å²) in [5.74, 6) is -1.07. The second-order valence-corrected chi connectivity index (χ2v) is 7.29. The summed E-state index contributed by atoms with van der Waals surface area (Å²) >= 11 is 0. The third kappa shape index (κ3) is 3.26. The number of carboxylic acid groups (broad SMARTS) is 1. The molecule has 1 atom stereocenters. The molecule has 0 radical (unpaired) electrons. The van der Waals surface area contributed by atoms with Crippen LogP contribution in [0.5, 0.6) is 0 Å². The number of aromatic nitrogens is 4. The number of carboxylic acids is 1. The molecule has 5 rings (SSSR count). The zero-order valence-electron chi connectivity index (χ0n) is 16.4. The molecule has 0 aliphatic heterocycles. The zero-order valence-corrected chi connectivity index (χ0v) is 16.4. The molecule has 0 amide bonds. The van der Waals surface area contributed by atoms with Crippen LogP contribution in [0.2, 0.25) is 0 Å². The predicted octanol–water partition coefficient (Wildman–Crippen LogP) is 3.58. The second-order valence-electron chi connectivity index (χ2n) is 7.29. The highest BCUT2D eigenvalue weighted by atomic mass is 16.4. The number of nitrogens with zero attached hydrogens (tertiary/aromatic N) is 4. The van der Waals surface area contributed by atoms with Gasteiger partial charge in [0, 0.05) is 24.4 Å². The van der Waals surface area contributed by atoms with E-state index in [4.69, 9.17) is 0 Å². The number of hydrogen-bond donors (Lipinski definition) is 1. The van der Waals surface area contributed by atoms with E-state index in [2.05, 4.69) is 10.1 Å². The van der Waals surface area contributed by atoms with Crippen molar-refractivity contribution in [1.29, 1.82) is 0 Å². The van der Waals surface area contributed by atoms with Crippen molar-refractivity contribution in [2.24, 2.45) is 0 Å². The lowest BCUT2D eigenvalue weighted by atomic mass is 10.1. The molecule has 1 N–H and O–H groups in total. The molecule has 7 heteroatoms. The van der Waals surface area contributed by atoms with Gasteiger partial charge in [0.05, 0.1) is 17.1 Å². The van der Waals surface area contributed by atoms with Crippen LogP contribution in [0.3, 0.4) is 0 Å². The van der Waals surface area contributed by atoms with Crippen LogP contribution in [0.4, 0.5) is 0 Å². The van der Waals surface area contributed by atoms with Crippen LogP contribution in [-0.2, 0) is 11.2 Å². The van der Waals surface area contributed by atoms with Gasteiger partial charge in [-0.3, -0.25) is 4.79 Å². The fraction of sp³-hybridized carbons (Fsp3) is 0.0833. The molecule has 152 valence electrons. The van der Waals surface area contributed by atoms with E-state index in [0.717, 1.165) is 16.7 Å². The first-order valence-electron chi connectivity index (χ1n) is 9.83. The van der Waals surface area contributed by atoms with Crippen molar-refractivity contribution in [3.8, 4) is 11.1 Å². The van der Waals surface area contributed by atoms with Gasteiger partial charge >= 0.3 is 5.97 Å². The number of fused-ring (bicyclic) bond motifs is 3. The van der Waals surface area contributed by atoms with Crippen LogP contribution in [-0.4, -0.2) is 30.2 Å². The van der Waals surface area contributed by atoms with Gasteiger partial charge < -0.3 is 9.67 Å². The van der Waals surface area contributed by atoms with Gasteiger partial charge in [0.1, 0.15) is 6.04 Å². The van der Waals surface area contributed by atoms with E-state index in [0.29, 0.717) is 16.6 Å². The largest absolute Gasteiger partial charge is 0.480 e. The summed E-state index contributed by atoms with van der Waals surface area (Å²) in [6, 6.07) is 19.7. The van der Waals surface area contributed by atoms with Gasteiger partial charge in [0.2, 0.25) is 0 Å². The Kier molecular flexibility index (Phi) is 4.55. The second kappa shape index (κ2) is 7.53. The van der Waals surface area contributed by atoms with E-state index >= 15 is 0 Å². The zero-order chi connectivity index (χ0) is 21.4. The lowest BCUT2D eigenvalue weighted by Crippen LogP contribution is -2.31. The molecule has 0 saturated heterocycles. The molecule has 1 unspecified atom stereocenters. The average Bonchev–Trinajstić information content (AvgIpc) is 3.24. The highest BCUT2D eigenvalue weighted by molar-refractivity contribution is 5.85. The summed E-state index contributed by atoms with van der Waals surface area (Å²) in [7, 11) is 0. The van der Waals surface area contributed by atoms with Crippen LogP contribution < -0.4 is 5.56 Å². The van der Waals surface area contributed by atoms with Crippen molar-refractivity contribution < 1.29 is 9.90 Å². The fourth-order valence-electron chi connectivity index (χ4n) is 3.84. The lowest BCUT2D eigenvalue weighted by Gasteiger charge is -2.16. The Morgan fingerprint density at radius 3 is 2.39 bits per heavy atom. The Balaban J connectivity index is 1.63. The molecular formula is C24H18N4O3. The quantitative estimate of drug-likeness (QED) is 0.478. The van der Waals surface area contributed by atoms with E-state index in [1.165, 1.54) is 17.0 Å². The van der Waals surface area contributed by atoms with E-state index in [-0.39, 0.29) is 6.42 Å². The first-order chi connectivity index (χ1) is 15.1. The minimum absolute atomic E-state index is 0.206. The van der Waals surface area contributed by atoms with Gasteiger partial charge in [-0.25, -0.2) is 14.3 Å². The highest BCUT2D eigenvalue weighted by Crippen LogP contribution is 2.25. The molecule has 3 heterocycles. The molecule has 3 aromatic heterocycles. The van der Waals surface area contributed by atoms with E-state index in [1.807, 2.05) is 60.7 Å². The SMILES string of the molecule is O=C(O)C(Cc1ccccc1)n1ccc2c(cnc3c(-c4ccccc4)cnn32)c1=O. The number of hydrogen-bond acceptors (Lipinski definition) is 4. The van der Waals surface area contributed by atoms with Crippen LogP contribution in [0.15, 0.2) is 90.1 Å². The molecule has 0 aliphatic carbocycles. The smallest absolute Gasteiger partial charge is 0.327 e. The van der Waals surface area contributed by atoms with Crippen molar-refractivity contribution in [2.75, 3.05) is 0 Å². The van der Waals surface area contributed by atoms with Crippen molar-refractivity contribution in [3.63, 3.8) is 0 Å². The maximum atomic E-state index is 13.2. The summed E-state index contributed by atoms with van der Waals surface area (Å²) in [5.41, 5.74) is 3.49. The van der Waals surface area contributed by atoms with Crippen LogP contribution >= 0.6 is 0 Å². The van der Waals surface area contributed by atoms with Crippen LogP contribution in [0.1, 0.15) is 11.6 Å². The summed E-state index contributed by atoms with van der Waals surface area (Å²) in [6.45, 7) is 0. The molecule has 5 aromatic rings. The van der Waals surface area contributed by atoms with Gasteiger partial charge in [0.25, 0.3) is 5.56 Å². The summed E-state index contributed by atoms with van der Waals surface area (Å²) in [6.07, 6.45) is 4.95. The molecule has 0 saturated carbocycles. The molecule has 0 bridgehead atoms. The van der Waals surface area contributed by atoms with E-state index in [9.17, 15) is 14.7 Å². The highest BCUT2D eigenvalue weighted by Gasteiger charge is 2.23. The number of rotatable bonds is 5. The van der Waals surface area contributed by atoms with E-state index in [1.54, 1.807) is 16.8 Å². The fourth-order valence-corrected chi connectivity index (χ4v) is 3.84. The van der Waals surface area contributed by atoms with Crippen LogP contribution in [0, 0.1) is 0 Å². The third-order valence-electron chi connectivity index (χ3n) is 5.40. The standard InChI is InChI=1S/C24H18N4O3/c29-23-19-14-25-22-18(17-9-5-2-6-10-17)15-26-28(22)20(19)11-12-27(23)21(24(30)31)13-16-7-3-1-4-8-16/h1-12,14-15,21H,13H2,(H,30,31). The Labute approximate surface area is 176 Å². The topological polar surface area (TPSA) is 89.5 Å². The summed E-state index contributed by atoms with van der Waals surface area (Å²) in [4.78, 5) is 29.7.